The molecule has 2 heterocycles. The molecule has 1 fully saturated rings. The molecular weight excluding hydrogens is 284 g/mol. The van der Waals surface area contributed by atoms with E-state index in [1.165, 1.54) is 11.3 Å². The lowest BCUT2D eigenvalue weighted by atomic mass is 10.0. The van der Waals surface area contributed by atoms with Gasteiger partial charge in [-0.15, -0.1) is 11.3 Å². The smallest absolute Gasteiger partial charge is 0.263 e. The molecule has 2 rings (SSSR count). The molecule has 4 nitrogen and oxygen atoms in total. The van der Waals surface area contributed by atoms with Crippen LogP contribution >= 0.6 is 11.3 Å². The number of piperidine rings is 1. The molecule has 0 aliphatic carbocycles. The summed E-state index contributed by atoms with van der Waals surface area (Å²) in [4.78, 5) is 18.3. The molecule has 114 valence electrons. The van der Waals surface area contributed by atoms with Gasteiger partial charge in [-0.1, -0.05) is 11.8 Å². The first-order chi connectivity index (χ1) is 10.1. The van der Waals surface area contributed by atoms with E-state index in [0.29, 0.717) is 12.5 Å². The van der Waals surface area contributed by atoms with Crippen molar-refractivity contribution in [2.24, 2.45) is 0 Å². The lowest BCUT2D eigenvalue weighted by Gasteiger charge is -2.35. The van der Waals surface area contributed by atoms with Gasteiger partial charge < -0.3 is 14.9 Å². The Kier molecular flexibility index (Phi) is 5.80. The maximum absolute atomic E-state index is 12.5. The van der Waals surface area contributed by atoms with Crippen molar-refractivity contribution in [2.75, 3.05) is 33.8 Å². The van der Waals surface area contributed by atoms with Crippen molar-refractivity contribution in [2.45, 2.75) is 25.3 Å². The number of likely N-dealkylation sites (N-methyl/N-ethyl adjacent to an activating group) is 2. The largest absolute Gasteiger partial charge is 0.395 e. The Labute approximate surface area is 130 Å². The summed E-state index contributed by atoms with van der Waals surface area (Å²) in [5.74, 6) is 5.94. The molecule has 1 amide bonds. The lowest BCUT2D eigenvalue weighted by Crippen LogP contribution is -2.47. The van der Waals surface area contributed by atoms with Gasteiger partial charge >= 0.3 is 0 Å². The Hall–Kier alpha value is -1.35. The third-order valence-corrected chi connectivity index (χ3v) is 4.72. The van der Waals surface area contributed by atoms with Crippen LogP contribution in [0.3, 0.4) is 0 Å². The summed E-state index contributed by atoms with van der Waals surface area (Å²) in [7, 11) is 3.99. The van der Waals surface area contributed by atoms with Crippen molar-refractivity contribution in [1.82, 2.24) is 9.80 Å². The van der Waals surface area contributed by atoms with Gasteiger partial charge in [0, 0.05) is 26.1 Å². The van der Waals surface area contributed by atoms with Crippen LogP contribution in [0.15, 0.2) is 12.1 Å². The molecule has 1 aliphatic heterocycles. The molecule has 0 radical (unpaired) electrons. The SMILES string of the molecule is CN1CCCC(N(C)C(=O)c2ccc(C#CCCO)s2)C1. The Morgan fingerprint density at radius 1 is 1.57 bits per heavy atom. The fourth-order valence-corrected chi connectivity index (χ4v) is 3.38. The van der Waals surface area contributed by atoms with Gasteiger partial charge in [0.05, 0.1) is 16.4 Å². The van der Waals surface area contributed by atoms with Crippen LogP contribution in [0.1, 0.15) is 33.8 Å². The fraction of sp³-hybridized carbons (Fsp3) is 0.562. The summed E-state index contributed by atoms with van der Waals surface area (Å²) in [5, 5.41) is 8.71. The number of nitrogens with zero attached hydrogens (tertiary/aromatic N) is 2. The second-order valence-corrected chi connectivity index (χ2v) is 6.50. The maximum atomic E-state index is 12.5. The zero-order valence-electron chi connectivity index (χ0n) is 12.6. The molecule has 1 unspecified atom stereocenters. The summed E-state index contributed by atoms with van der Waals surface area (Å²) in [6.45, 7) is 2.13. The highest BCUT2D eigenvalue weighted by atomic mass is 32.1. The summed E-state index contributed by atoms with van der Waals surface area (Å²) in [6, 6.07) is 4.02. The molecule has 1 N–H and O–H groups in total. The molecule has 5 heteroatoms. The third-order valence-electron chi connectivity index (χ3n) is 3.73. The number of aliphatic hydroxyl groups is 1. The van der Waals surface area contributed by atoms with E-state index in [9.17, 15) is 4.79 Å². The molecule has 1 aromatic heterocycles. The van der Waals surface area contributed by atoms with Crippen LogP contribution in [0.25, 0.3) is 0 Å². The van der Waals surface area contributed by atoms with Gasteiger partial charge in [0.25, 0.3) is 5.91 Å². The van der Waals surface area contributed by atoms with Crippen molar-refractivity contribution >= 4 is 17.2 Å². The molecule has 1 aromatic rings. The Morgan fingerprint density at radius 2 is 2.38 bits per heavy atom. The molecular formula is C16H22N2O2S. The van der Waals surface area contributed by atoms with Crippen LogP contribution in [-0.4, -0.2) is 60.6 Å². The summed E-state index contributed by atoms with van der Waals surface area (Å²) >= 11 is 1.42. The highest BCUT2D eigenvalue weighted by Crippen LogP contribution is 2.20. The minimum absolute atomic E-state index is 0.0715. The molecule has 1 aliphatic rings. The molecule has 0 aromatic carbocycles. The number of amides is 1. The number of carbonyl (C=O) groups excluding carboxylic acids is 1. The molecule has 1 saturated heterocycles. The van der Waals surface area contributed by atoms with Gasteiger partial charge in [-0.3, -0.25) is 4.79 Å². The van der Waals surface area contributed by atoms with Crippen molar-refractivity contribution in [3.8, 4) is 11.8 Å². The zero-order valence-corrected chi connectivity index (χ0v) is 13.4. The van der Waals surface area contributed by atoms with Crippen molar-refractivity contribution in [1.29, 1.82) is 0 Å². The summed E-state index contributed by atoms with van der Waals surface area (Å²) in [5.41, 5.74) is 0. The zero-order chi connectivity index (χ0) is 15.2. The van der Waals surface area contributed by atoms with Crippen LogP contribution in [0, 0.1) is 11.8 Å². The van der Waals surface area contributed by atoms with Crippen molar-refractivity contribution < 1.29 is 9.90 Å². The number of likely N-dealkylation sites (tertiary alicyclic amines) is 1. The van der Waals surface area contributed by atoms with Gasteiger partial charge in [-0.05, 0) is 38.6 Å². The van der Waals surface area contributed by atoms with Gasteiger partial charge in [-0.25, -0.2) is 0 Å². The number of aliphatic hydroxyl groups excluding tert-OH is 1. The van der Waals surface area contributed by atoms with E-state index in [-0.39, 0.29) is 12.5 Å². The fourth-order valence-electron chi connectivity index (χ4n) is 2.52. The highest BCUT2D eigenvalue weighted by Gasteiger charge is 2.25. The Bertz CT molecular complexity index is 544. The average molecular weight is 306 g/mol. The first-order valence-corrected chi connectivity index (χ1v) is 8.08. The van der Waals surface area contributed by atoms with Crippen LogP contribution in [-0.2, 0) is 0 Å². The van der Waals surface area contributed by atoms with E-state index in [1.54, 1.807) is 0 Å². The normalized spacial score (nSPS) is 18.9. The van der Waals surface area contributed by atoms with Gasteiger partial charge in [0.2, 0.25) is 0 Å². The molecule has 0 bridgehead atoms. The summed E-state index contributed by atoms with van der Waals surface area (Å²) in [6.07, 6.45) is 2.68. The highest BCUT2D eigenvalue weighted by molar-refractivity contribution is 7.14. The monoisotopic (exact) mass is 306 g/mol. The van der Waals surface area contributed by atoms with Crippen LogP contribution in [0.5, 0.6) is 0 Å². The minimum Gasteiger partial charge on any atom is -0.395 e. The predicted octanol–water partition coefficient (Wildman–Crippen LogP) is 1.65. The van der Waals surface area contributed by atoms with E-state index in [4.69, 9.17) is 5.11 Å². The number of rotatable bonds is 3. The van der Waals surface area contributed by atoms with Crippen molar-refractivity contribution in [3.63, 3.8) is 0 Å². The van der Waals surface area contributed by atoms with Crippen LogP contribution in [0.2, 0.25) is 0 Å². The lowest BCUT2D eigenvalue weighted by molar-refractivity contribution is 0.0649. The van der Waals surface area contributed by atoms with Crippen LogP contribution < -0.4 is 0 Å². The first kappa shape index (κ1) is 16.0. The quantitative estimate of drug-likeness (QED) is 0.864. The number of carbonyl (C=O) groups is 1. The van der Waals surface area contributed by atoms with E-state index in [1.807, 2.05) is 24.1 Å². The minimum atomic E-state index is 0.0715. The number of hydrogen-bond acceptors (Lipinski definition) is 4. The standard InChI is InChI=1S/C16H22N2O2S/c1-17-10-5-6-13(12-17)18(2)16(20)15-9-8-14(21-15)7-3-4-11-19/h8-9,13,19H,4-6,10-12H2,1-2H3. The van der Waals surface area contributed by atoms with Crippen LogP contribution in [0.4, 0.5) is 0 Å². The van der Waals surface area contributed by atoms with E-state index < -0.39 is 0 Å². The maximum Gasteiger partial charge on any atom is 0.263 e. The van der Waals surface area contributed by atoms with Gasteiger partial charge in [-0.2, -0.15) is 0 Å². The van der Waals surface area contributed by atoms with E-state index in [2.05, 4.69) is 23.8 Å². The van der Waals surface area contributed by atoms with Gasteiger partial charge in [0.15, 0.2) is 0 Å². The van der Waals surface area contributed by atoms with Gasteiger partial charge in [0.1, 0.15) is 0 Å². The molecule has 21 heavy (non-hydrogen) atoms. The molecule has 1 atom stereocenters. The number of hydrogen-bond donors (Lipinski definition) is 1. The van der Waals surface area contributed by atoms with E-state index in [0.717, 1.165) is 35.7 Å². The van der Waals surface area contributed by atoms with E-state index >= 15 is 0 Å². The molecule has 0 spiro atoms. The Balaban J connectivity index is 2.01. The second-order valence-electron chi connectivity index (χ2n) is 5.41. The summed E-state index contributed by atoms with van der Waals surface area (Å²) < 4.78 is 0. The third kappa shape index (κ3) is 4.31. The Morgan fingerprint density at radius 3 is 3.10 bits per heavy atom. The second kappa shape index (κ2) is 7.60. The predicted molar refractivity (Wildman–Crippen MR) is 85.5 cm³/mol. The molecule has 0 saturated carbocycles. The van der Waals surface area contributed by atoms with Crippen molar-refractivity contribution in [3.05, 3.63) is 21.9 Å². The number of thiophene rings is 1. The first-order valence-electron chi connectivity index (χ1n) is 7.27. The average Bonchev–Trinajstić information content (AvgIpc) is 2.95. The topological polar surface area (TPSA) is 43.8 Å².